The van der Waals surface area contributed by atoms with Gasteiger partial charge in [-0.1, -0.05) is 29.8 Å². The van der Waals surface area contributed by atoms with Crippen LogP contribution in [0.15, 0.2) is 42.5 Å². The monoisotopic (exact) mass is 387 g/mol. The number of hydrogen-bond acceptors (Lipinski definition) is 3. The minimum absolute atomic E-state index is 0.0330. The Balaban J connectivity index is 1.62. The highest BCUT2D eigenvalue weighted by atomic mass is 35.5. The number of carbonyl (C=O) groups is 2. The SMILES string of the molecule is COc1cc(C(=O)N2CCC(Cc3ccccc3C(=O)O)CC2)ccc1Cl. The van der Waals surface area contributed by atoms with E-state index < -0.39 is 5.97 Å². The first-order chi connectivity index (χ1) is 13.0. The van der Waals surface area contributed by atoms with Gasteiger partial charge in [0, 0.05) is 18.7 Å². The zero-order valence-corrected chi connectivity index (χ0v) is 15.9. The topological polar surface area (TPSA) is 66.8 Å². The summed E-state index contributed by atoms with van der Waals surface area (Å²) in [5.74, 6) is -0.0683. The van der Waals surface area contributed by atoms with E-state index in [4.69, 9.17) is 16.3 Å². The molecular formula is C21H22ClNO4. The summed E-state index contributed by atoms with van der Waals surface area (Å²) in [6, 6.07) is 12.2. The van der Waals surface area contributed by atoms with Gasteiger partial charge in [0.15, 0.2) is 0 Å². The van der Waals surface area contributed by atoms with E-state index in [1.165, 1.54) is 7.11 Å². The number of carbonyl (C=O) groups excluding carboxylic acids is 1. The molecule has 2 aromatic carbocycles. The second-order valence-electron chi connectivity index (χ2n) is 6.75. The molecule has 1 fully saturated rings. The van der Waals surface area contributed by atoms with Crippen LogP contribution >= 0.6 is 11.6 Å². The van der Waals surface area contributed by atoms with Crippen molar-refractivity contribution in [2.24, 2.45) is 5.92 Å². The van der Waals surface area contributed by atoms with E-state index in [1.807, 2.05) is 17.0 Å². The van der Waals surface area contributed by atoms with Crippen molar-refractivity contribution in [2.45, 2.75) is 19.3 Å². The van der Waals surface area contributed by atoms with Gasteiger partial charge in [-0.25, -0.2) is 4.79 Å². The van der Waals surface area contributed by atoms with Crippen LogP contribution in [0.25, 0.3) is 0 Å². The molecular weight excluding hydrogens is 366 g/mol. The third kappa shape index (κ3) is 4.42. The number of amides is 1. The average Bonchev–Trinajstić information content (AvgIpc) is 2.68. The highest BCUT2D eigenvalue weighted by Gasteiger charge is 2.25. The van der Waals surface area contributed by atoms with Gasteiger partial charge in [-0.15, -0.1) is 0 Å². The van der Waals surface area contributed by atoms with E-state index in [1.54, 1.807) is 30.3 Å². The van der Waals surface area contributed by atoms with E-state index in [9.17, 15) is 14.7 Å². The summed E-state index contributed by atoms with van der Waals surface area (Å²) < 4.78 is 5.19. The standard InChI is InChI=1S/C21H22ClNO4/c1-27-19-13-16(6-7-18(19)22)20(24)23-10-8-14(9-11-23)12-15-4-2-3-5-17(15)21(25)26/h2-7,13-14H,8-12H2,1H3,(H,25,26). The van der Waals surface area contributed by atoms with Gasteiger partial charge in [0.2, 0.25) is 0 Å². The summed E-state index contributed by atoms with van der Waals surface area (Å²) in [6.07, 6.45) is 2.42. The van der Waals surface area contributed by atoms with Crippen LogP contribution in [0.1, 0.15) is 39.1 Å². The number of carboxylic acids is 1. The lowest BCUT2D eigenvalue weighted by Gasteiger charge is -2.32. The van der Waals surface area contributed by atoms with Crippen molar-refractivity contribution < 1.29 is 19.4 Å². The molecule has 1 saturated heterocycles. The third-order valence-electron chi connectivity index (χ3n) is 5.06. The Bertz CT molecular complexity index is 844. The lowest BCUT2D eigenvalue weighted by Crippen LogP contribution is -2.39. The number of halogens is 1. The summed E-state index contributed by atoms with van der Waals surface area (Å²) >= 11 is 6.03. The molecule has 142 valence electrons. The number of aromatic carboxylic acids is 1. The zero-order chi connectivity index (χ0) is 19.4. The summed E-state index contributed by atoms with van der Waals surface area (Å²) in [7, 11) is 1.52. The Morgan fingerprint density at radius 1 is 1.19 bits per heavy atom. The molecule has 2 aromatic rings. The fourth-order valence-corrected chi connectivity index (χ4v) is 3.73. The molecule has 1 aliphatic heterocycles. The molecule has 0 spiro atoms. The number of benzene rings is 2. The van der Waals surface area contributed by atoms with Gasteiger partial charge in [-0.3, -0.25) is 4.79 Å². The first-order valence-corrected chi connectivity index (χ1v) is 9.31. The van der Waals surface area contributed by atoms with Gasteiger partial charge < -0.3 is 14.7 Å². The molecule has 0 aromatic heterocycles. The Kier molecular flexibility index (Phi) is 6.01. The molecule has 5 nitrogen and oxygen atoms in total. The molecule has 0 aliphatic carbocycles. The van der Waals surface area contributed by atoms with Gasteiger partial charge in [-0.05, 0) is 55.0 Å². The van der Waals surface area contributed by atoms with Crippen molar-refractivity contribution in [3.63, 3.8) is 0 Å². The summed E-state index contributed by atoms with van der Waals surface area (Å²) in [5, 5.41) is 9.80. The molecule has 0 bridgehead atoms. The van der Waals surface area contributed by atoms with Gasteiger partial charge in [0.1, 0.15) is 5.75 Å². The van der Waals surface area contributed by atoms with Crippen LogP contribution in [-0.2, 0) is 6.42 Å². The fraction of sp³-hybridized carbons (Fsp3) is 0.333. The highest BCUT2D eigenvalue weighted by molar-refractivity contribution is 6.32. The van der Waals surface area contributed by atoms with Crippen LogP contribution in [-0.4, -0.2) is 42.1 Å². The normalized spacial score (nSPS) is 14.8. The maximum Gasteiger partial charge on any atom is 0.335 e. The molecule has 3 rings (SSSR count). The van der Waals surface area contributed by atoms with E-state index in [0.717, 1.165) is 24.8 Å². The summed E-state index contributed by atoms with van der Waals surface area (Å²) in [4.78, 5) is 25.9. The lowest BCUT2D eigenvalue weighted by molar-refractivity contribution is 0.0690. The Morgan fingerprint density at radius 2 is 1.89 bits per heavy atom. The van der Waals surface area contributed by atoms with E-state index >= 15 is 0 Å². The van der Waals surface area contributed by atoms with Gasteiger partial charge in [0.25, 0.3) is 5.91 Å². The maximum absolute atomic E-state index is 12.7. The minimum atomic E-state index is -0.894. The second kappa shape index (κ2) is 8.44. The smallest absolute Gasteiger partial charge is 0.335 e. The number of ether oxygens (including phenoxy) is 1. The molecule has 0 radical (unpaired) electrons. The van der Waals surface area contributed by atoms with Crippen molar-refractivity contribution in [3.8, 4) is 5.75 Å². The van der Waals surface area contributed by atoms with Gasteiger partial charge in [-0.2, -0.15) is 0 Å². The molecule has 1 amide bonds. The first-order valence-electron chi connectivity index (χ1n) is 8.93. The highest BCUT2D eigenvalue weighted by Crippen LogP contribution is 2.28. The molecule has 1 heterocycles. The number of methoxy groups -OCH3 is 1. The molecule has 6 heteroatoms. The number of carboxylic acid groups (broad SMARTS) is 1. The maximum atomic E-state index is 12.7. The van der Waals surface area contributed by atoms with Crippen molar-refractivity contribution >= 4 is 23.5 Å². The average molecular weight is 388 g/mol. The molecule has 0 atom stereocenters. The predicted molar refractivity (Wildman–Crippen MR) is 104 cm³/mol. The van der Waals surface area contributed by atoms with Crippen LogP contribution < -0.4 is 4.74 Å². The van der Waals surface area contributed by atoms with Crippen molar-refractivity contribution in [1.29, 1.82) is 0 Å². The Labute approximate surface area is 163 Å². The van der Waals surface area contributed by atoms with Crippen molar-refractivity contribution in [1.82, 2.24) is 4.90 Å². The van der Waals surface area contributed by atoms with Crippen LogP contribution in [0.4, 0.5) is 0 Å². The van der Waals surface area contributed by atoms with Crippen molar-refractivity contribution in [2.75, 3.05) is 20.2 Å². The zero-order valence-electron chi connectivity index (χ0n) is 15.2. The largest absolute Gasteiger partial charge is 0.495 e. The molecule has 27 heavy (non-hydrogen) atoms. The van der Waals surface area contributed by atoms with Crippen LogP contribution in [0.2, 0.25) is 5.02 Å². The van der Waals surface area contributed by atoms with Crippen molar-refractivity contribution in [3.05, 3.63) is 64.2 Å². The number of rotatable bonds is 5. The number of piperidine rings is 1. The molecule has 0 unspecified atom stereocenters. The van der Waals surface area contributed by atoms with E-state index in [-0.39, 0.29) is 5.91 Å². The Morgan fingerprint density at radius 3 is 2.56 bits per heavy atom. The fourth-order valence-electron chi connectivity index (χ4n) is 3.53. The third-order valence-corrected chi connectivity index (χ3v) is 5.37. The van der Waals surface area contributed by atoms with Crippen LogP contribution in [0.5, 0.6) is 5.75 Å². The second-order valence-corrected chi connectivity index (χ2v) is 7.16. The Hall–Kier alpha value is -2.53. The first kappa shape index (κ1) is 19.2. The minimum Gasteiger partial charge on any atom is -0.495 e. The van der Waals surface area contributed by atoms with E-state index in [0.29, 0.717) is 40.9 Å². The van der Waals surface area contributed by atoms with Crippen LogP contribution in [0, 0.1) is 5.92 Å². The summed E-state index contributed by atoms with van der Waals surface area (Å²) in [5.41, 5.74) is 1.78. The molecule has 0 saturated carbocycles. The molecule has 1 aliphatic rings. The summed E-state index contributed by atoms with van der Waals surface area (Å²) in [6.45, 7) is 1.31. The van der Waals surface area contributed by atoms with Gasteiger partial charge in [0.05, 0.1) is 17.7 Å². The number of likely N-dealkylation sites (tertiary alicyclic amines) is 1. The quantitative estimate of drug-likeness (QED) is 0.837. The predicted octanol–water partition coefficient (Wildman–Crippen LogP) is 4.14. The molecule has 1 N–H and O–H groups in total. The van der Waals surface area contributed by atoms with Gasteiger partial charge >= 0.3 is 5.97 Å². The number of hydrogen-bond donors (Lipinski definition) is 1. The lowest BCUT2D eigenvalue weighted by atomic mass is 9.88. The number of nitrogens with zero attached hydrogens (tertiary/aromatic N) is 1. The van der Waals surface area contributed by atoms with E-state index in [2.05, 4.69) is 0 Å². The van der Waals surface area contributed by atoms with Crippen LogP contribution in [0.3, 0.4) is 0 Å².